The Labute approximate surface area is 168 Å². The molecular weight excluding hydrogens is 378 g/mol. The largest absolute Gasteiger partial charge is 0.463 e. The average Bonchev–Trinajstić information content (AvgIpc) is 2.64. The van der Waals surface area contributed by atoms with Gasteiger partial charge in [0.1, 0.15) is 22.6 Å². The van der Waals surface area contributed by atoms with Gasteiger partial charge >= 0.3 is 5.97 Å². The van der Waals surface area contributed by atoms with Crippen LogP contribution in [0.15, 0.2) is 41.0 Å². The lowest BCUT2D eigenvalue weighted by Gasteiger charge is -2.27. The highest BCUT2D eigenvalue weighted by Gasteiger charge is 2.37. The molecule has 2 heterocycles. The van der Waals surface area contributed by atoms with Crippen LogP contribution in [0.2, 0.25) is 5.15 Å². The summed E-state index contributed by atoms with van der Waals surface area (Å²) in [5, 5.41) is 10.7. The fraction of sp³-hybridized carbons (Fsp3) is 0.286. The summed E-state index contributed by atoms with van der Waals surface area (Å²) in [4.78, 5) is 17.2. The lowest BCUT2D eigenvalue weighted by atomic mass is 9.83. The van der Waals surface area contributed by atoms with Crippen LogP contribution in [0, 0.1) is 25.2 Å². The molecule has 0 bridgehead atoms. The normalized spacial score (nSPS) is 16.8. The predicted octanol–water partition coefficient (Wildman–Crippen LogP) is 4.15. The first-order valence-electron chi connectivity index (χ1n) is 8.81. The van der Waals surface area contributed by atoms with Gasteiger partial charge in [0.25, 0.3) is 0 Å². The molecule has 1 aliphatic heterocycles. The Bertz CT molecular complexity index is 1100. The second kappa shape index (κ2) is 7.53. The van der Waals surface area contributed by atoms with Crippen LogP contribution in [0.1, 0.15) is 36.5 Å². The van der Waals surface area contributed by atoms with Gasteiger partial charge in [0, 0.05) is 10.9 Å². The third kappa shape index (κ3) is 3.19. The molecule has 0 unspecified atom stereocenters. The van der Waals surface area contributed by atoms with Gasteiger partial charge in [-0.3, -0.25) is 0 Å². The molecule has 0 radical (unpaired) electrons. The van der Waals surface area contributed by atoms with E-state index in [-0.39, 0.29) is 34.5 Å². The Balaban J connectivity index is 2.29. The third-order valence-corrected chi connectivity index (χ3v) is 5.21. The molecule has 1 aromatic heterocycles. The maximum Gasteiger partial charge on any atom is 0.338 e. The van der Waals surface area contributed by atoms with Crippen molar-refractivity contribution in [2.75, 3.05) is 6.61 Å². The lowest BCUT2D eigenvalue weighted by molar-refractivity contribution is -0.139. The lowest BCUT2D eigenvalue weighted by Crippen LogP contribution is -2.26. The van der Waals surface area contributed by atoms with Crippen LogP contribution in [0.4, 0.5) is 0 Å². The molecule has 28 heavy (non-hydrogen) atoms. The van der Waals surface area contributed by atoms with E-state index >= 15 is 0 Å². The van der Waals surface area contributed by atoms with E-state index in [2.05, 4.69) is 4.98 Å². The highest BCUT2D eigenvalue weighted by molar-refractivity contribution is 6.31. The molecule has 1 aliphatic rings. The van der Waals surface area contributed by atoms with E-state index in [1.54, 1.807) is 13.8 Å². The predicted molar refractivity (Wildman–Crippen MR) is 106 cm³/mol. The van der Waals surface area contributed by atoms with E-state index in [1.165, 1.54) is 0 Å². The van der Waals surface area contributed by atoms with E-state index in [1.807, 2.05) is 38.1 Å². The molecule has 2 N–H and O–H groups in total. The van der Waals surface area contributed by atoms with Crippen LogP contribution in [0.25, 0.3) is 10.9 Å². The number of ether oxygens (including phenoxy) is 2. The van der Waals surface area contributed by atoms with Crippen LogP contribution in [-0.4, -0.2) is 17.6 Å². The van der Waals surface area contributed by atoms with E-state index < -0.39 is 11.9 Å². The summed E-state index contributed by atoms with van der Waals surface area (Å²) in [5.41, 5.74) is 9.62. The smallest absolute Gasteiger partial charge is 0.338 e. The molecule has 0 fully saturated rings. The Hall–Kier alpha value is -3.04. The van der Waals surface area contributed by atoms with Crippen molar-refractivity contribution < 1.29 is 14.3 Å². The number of fused-ring (bicyclic) bond motifs is 1. The number of allylic oxidation sites excluding steroid dienone is 2. The van der Waals surface area contributed by atoms with E-state index in [0.717, 1.165) is 22.0 Å². The highest BCUT2D eigenvalue weighted by Crippen LogP contribution is 2.42. The van der Waals surface area contributed by atoms with Gasteiger partial charge in [-0.05, 0) is 44.9 Å². The van der Waals surface area contributed by atoms with E-state index in [0.29, 0.717) is 5.56 Å². The fourth-order valence-electron chi connectivity index (χ4n) is 3.34. The fourth-order valence-corrected chi connectivity index (χ4v) is 3.59. The van der Waals surface area contributed by atoms with Gasteiger partial charge in [-0.15, -0.1) is 0 Å². The molecule has 1 atom stereocenters. The zero-order valence-corrected chi connectivity index (χ0v) is 16.8. The molecule has 0 amide bonds. The number of nitrogens with two attached hydrogens (primary N) is 1. The molecule has 2 aromatic rings. The number of esters is 1. The maximum atomic E-state index is 12.6. The number of aromatic nitrogens is 1. The highest BCUT2D eigenvalue weighted by atomic mass is 35.5. The molecule has 0 saturated carbocycles. The number of hydrogen-bond donors (Lipinski definition) is 1. The first kappa shape index (κ1) is 19.7. The third-order valence-electron chi connectivity index (χ3n) is 4.90. The van der Waals surface area contributed by atoms with Crippen molar-refractivity contribution in [3.05, 3.63) is 62.8 Å². The molecule has 0 saturated heterocycles. The second-order valence-corrected chi connectivity index (χ2v) is 6.92. The summed E-state index contributed by atoms with van der Waals surface area (Å²) in [6, 6.07) is 7.81. The van der Waals surface area contributed by atoms with Crippen molar-refractivity contribution in [1.82, 2.24) is 4.98 Å². The standard InChI is InChI=1S/C21H20ClN3O3/c1-5-27-21(26)16-12(4)28-20(24)15(9-23)17(16)14-8-13-7-6-10(2)11(3)18(13)25-19(14)22/h6-8,17H,5,24H2,1-4H3/t17-/m0/s1. The molecule has 0 aliphatic carbocycles. The van der Waals surface area contributed by atoms with Crippen molar-refractivity contribution in [2.45, 2.75) is 33.6 Å². The van der Waals surface area contributed by atoms with Crippen molar-refractivity contribution in [3.8, 4) is 6.07 Å². The monoisotopic (exact) mass is 397 g/mol. The van der Waals surface area contributed by atoms with Gasteiger partial charge in [-0.25, -0.2) is 9.78 Å². The summed E-state index contributed by atoms with van der Waals surface area (Å²) in [7, 11) is 0. The quantitative estimate of drug-likeness (QED) is 0.617. The number of nitrogens with zero attached hydrogens (tertiary/aromatic N) is 2. The summed E-state index contributed by atoms with van der Waals surface area (Å²) in [6.45, 7) is 7.47. The summed E-state index contributed by atoms with van der Waals surface area (Å²) >= 11 is 6.53. The van der Waals surface area contributed by atoms with E-state index in [4.69, 9.17) is 26.8 Å². The van der Waals surface area contributed by atoms with Crippen LogP contribution in [-0.2, 0) is 14.3 Å². The molecular formula is C21H20ClN3O3. The number of nitriles is 1. The summed E-state index contributed by atoms with van der Waals surface area (Å²) in [5.74, 6) is -1.18. The summed E-state index contributed by atoms with van der Waals surface area (Å²) in [6.07, 6.45) is 0. The van der Waals surface area contributed by atoms with Crippen LogP contribution >= 0.6 is 11.6 Å². The van der Waals surface area contributed by atoms with Crippen LogP contribution in [0.5, 0.6) is 0 Å². The zero-order chi connectivity index (χ0) is 20.6. The van der Waals surface area contributed by atoms with Gasteiger partial charge in [0.15, 0.2) is 0 Å². The van der Waals surface area contributed by atoms with Crippen LogP contribution < -0.4 is 5.73 Å². The molecule has 3 rings (SSSR count). The Morgan fingerprint density at radius 1 is 1.39 bits per heavy atom. The first-order valence-corrected chi connectivity index (χ1v) is 9.19. The molecule has 1 aromatic carbocycles. The summed E-state index contributed by atoms with van der Waals surface area (Å²) < 4.78 is 10.6. The van der Waals surface area contributed by atoms with Crippen LogP contribution in [0.3, 0.4) is 0 Å². The minimum absolute atomic E-state index is 0.0608. The number of aryl methyl sites for hydroxylation is 2. The van der Waals surface area contributed by atoms with Gasteiger partial charge in [-0.2, -0.15) is 5.26 Å². The van der Waals surface area contributed by atoms with Gasteiger partial charge in [0.2, 0.25) is 5.88 Å². The molecule has 0 spiro atoms. The zero-order valence-electron chi connectivity index (χ0n) is 16.1. The number of rotatable bonds is 3. The van der Waals surface area contributed by atoms with Gasteiger partial charge < -0.3 is 15.2 Å². The number of benzene rings is 1. The van der Waals surface area contributed by atoms with Crippen molar-refractivity contribution in [1.29, 1.82) is 5.26 Å². The minimum Gasteiger partial charge on any atom is -0.463 e. The second-order valence-electron chi connectivity index (χ2n) is 6.56. The molecule has 7 heteroatoms. The van der Waals surface area contributed by atoms with Gasteiger partial charge in [0.05, 0.1) is 23.6 Å². The minimum atomic E-state index is -0.816. The van der Waals surface area contributed by atoms with Crippen molar-refractivity contribution in [3.63, 3.8) is 0 Å². The number of hydrogen-bond acceptors (Lipinski definition) is 6. The number of halogens is 1. The van der Waals surface area contributed by atoms with Crippen molar-refractivity contribution >= 4 is 28.5 Å². The number of carbonyl (C=O) groups is 1. The first-order chi connectivity index (χ1) is 13.3. The average molecular weight is 398 g/mol. The van der Waals surface area contributed by atoms with Crippen molar-refractivity contribution in [2.24, 2.45) is 5.73 Å². The SMILES string of the molecule is CCOC(=O)C1=C(C)OC(N)=C(C#N)[C@@H]1c1cc2ccc(C)c(C)c2nc1Cl. The number of carbonyl (C=O) groups excluding carboxylic acids is 1. The number of pyridine rings is 1. The Morgan fingerprint density at radius 2 is 2.11 bits per heavy atom. The molecule has 144 valence electrons. The Morgan fingerprint density at radius 3 is 2.75 bits per heavy atom. The topological polar surface area (TPSA) is 98.2 Å². The van der Waals surface area contributed by atoms with Gasteiger partial charge in [-0.1, -0.05) is 23.7 Å². The Kier molecular flexibility index (Phi) is 5.30. The maximum absolute atomic E-state index is 12.6. The van der Waals surface area contributed by atoms with E-state index in [9.17, 15) is 10.1 Å². The molecule has 6 nitrogen and oxygen atoms in total.